The Balaban J connectivity index is 0.00000392. The number of halogens is 3. The van der Waals surface area contributed by atoms with Crippen LogP contribution in [0.2, 0.25) is 5.02 Å². The predicted molar refractivity (Wildman–Crippen MR) is 124 cm³/mol. The van der Waals surface area contributed by atoms with E-state index in [4.69, 9.17) is 21.1 Å². The molecule has 0 spiro atoms. The number of aliphatic hydroxyl groups is 1. The molecule has 0 bridgehead atoms. The van der Waals surface area contributed by atoms with E-state index < -0.39 is 0 Å². The first-order valence-corrected chi connectivity index (χ1v) is 9.69. The first kappa shape index (κ1) is 27.8. The lowest BCUT2D eigenvalue weighted by molar-refractivity contribution is 0.191. The van der Waals surface area contributed by atoms with Gasteiger partial charge in [-0.2, -0.15) is 0 Å². The zero-order valence-electron chi connectivity index (χ0n) is 16.8. The van der Waals surface area contributed by atoms with Crippen molar-refractivity contribution < 1.29 is 14.6 Å². The van der Waals surface area contributed by atoms with E-state index >= 15 is 0 Å². The van der Waals surface area contributed by atoms with Gasteiger partial charge in [0.25, 0.3) is 0 Å². The molecule has 3 N–H and O–H groups in total. The molecule has 0 aromatic heterocycles. The van der Waals surface area contributed by atoms with Crippen molar-refractivity contribution in [2.45, 2.75) is 33.1 Å². The Morgan fingerprint density at radius 2 is 1.69 bits per heavy atom. The fraction of sp³-hybridized carbons (Fsp3) is 0.429. The molecule has 8 heteroatoms. The van der Waals surface area contributed by atoms with Gasteiger partial charge < -0.3 is 25.2 Å². The van der Waals surface area contributed by atoms with Gasteiger partial charge in [0, 0.05) is 26.2 Å². The zero-order chi connectivity index (χ0) is 19.5. The SMILES string of the molecule is CCOc1cc(CNCCNCC(C)O)cc(Cl)c1OCc1ccccc1.Cl.Cl. The van der Waals surface area contributed by atoms with E-state index in [9.17, 15) is 5.11 Å². The summed E-state index contributed by atoms with van der Waals surface area (Å²) in [6, 6.07) is 13.8. The third kappa shape index (κ3) is 10.4. The lowest BCUT2D eigenvalue weighted by atomic mass is 10.2. The molecule has 0 aliphatic heterocycles. The minimum atomic E-state index is -0.332. The van der Waals surface area contributed by atoms with Crippen LogP contribution in [0.1, 0.15) is 25.0 Å². The molecule has 0 saturated heterocycles. The standard InChI is InChI=1S/C21H29ClN2O3.2ClH/c1-3-26-20-12-18(14-24-10-9-23-13-16(2)25)11-19(22)21(20)27-15-17-7-5-4-6-8-17;;/h4-8,11-12,16,23-25H,3,9-10,13-15H2,1-2H3;2*1H. The van der Waals surface area contributed by atoms with Crippen LogP contribution in [0.15, 0.2) is 42.5 Å². The van der Waals surface area contributed by atoms with Crippen LogP contribution in [0, 0.1) is 0 Å². The molecule has 0 heterocycles. The second-order valence-corrected chi connectivity index (χ2v) is 6.75. The molecular weight excluding hydrogens is 435 g/mol. The van der Waals surface area contributed by atoms with Crippen molar-refractivity contribution in [3.63, 3.8) is 0 Å². The maximum atomic E-state index is 9.22. The highest BCUT2D eigenvalue weighted by atomic mass is 35.5. The van der Waals surface area contributed by atoms with Crippen LogP contribution in [0.25, 0.3) is 0 Å². The molecule has 0 amide bonds. The summed E-state index contributed by atoms with van der Waals surface area (Å²) in [6.45, 7) is 7.53. The molecule has 0 radical (unpaired) electrons. The lowest BCUT2D eigenvalue weighted by Crippen LogP contribution is -2.31. The van der Waals surface area contributed by atoms with Crippen molar-refractivity contribution in [2.75, 3.05) is 26.2 Å². The maximum Gasteiger partial charge on any atom is 0.180 e. The van der Waals surface area contributed by atoms with Crippen LogP contribution >= 0.6 is 36.4 Å². The highest BCUT2D eigenvalue weighted by Crippen LogP contribution is 2.37. The molecule has 0 saturated carbocycles. The first-order chi connectivity index (χ1) is 13.1. The van der Waals surface area contributed by atoms with E-state index in [-0.39, 0.29) is 30.9 Å². The molecule has 0 aliphatic rings. The molecule has 2 aromatic rings. The molecule has 0 fully saturated rings. The summed E-state index contributed by atoms with van der Waals surface area (Å²) in [6.07, 6.45) is -0.332. The number of nitrogens with one attached hydrogen (secondary N) is 2. The monoisotopic (exact) mass is 464 g/mol. The van der Waals surface area contributed by atoms with E-state index in [0.717, 1.165) is 24.2 Å². The van der Waals surface area contributed by atoms with Crippen LogP contribution in [-0.4, -0.2) is 37.5 Å². The highest BCUT2D eigenvalue weighted by molar-refractivity contribution is 6.32. The molecule has 29 heavy (non-hydrogen) atoms. The van der Waals surface area contributed by atoms with Crippen LogP contribution in [-0.2, 0) is 13.2 Å². The fourth-order valence-electron chi connectivity index (χ4n) is 2.58. The number of ether oxygens (including phenoxy) is 2. The van der Waals surface area contributed by atoms with Gasteiger partial charge >= 0.3 is 0 Å². The van der Waals surface area contributed by atoms with Gasteiger partial charge in [0.05, 0.1) is 17.7 Å². The van der Waals surface area contributed by atoms with Crippen LogP contribution < -0.4 is 20.1 Å². The number of hydrogen-bond donors (Lipinski definition) is 3. The average molecular weight is 466 g/mol. The Bertz CT molecular complexity index is 688. The summed E-state index contributed by atoms with van der Waals surface area (Å²) in [4.78, 5) is 0. The van der Waals surface area contributed by atoms with Crippen LogP contribution in [0.4, 0.5) is 0 Å². The Kier molecular flexibility index (Phi) is 15.0. The van der Waals surface area contributed by atoms with Gasteiger partial charge in [0.1, 0.15) is 6.61 Å². The minimum absolute atomic E-state index is 0. The fourth-order valence-corrected chi connectivity index (χ4v) is 2.86. The highest BCUT2D eigenvalue weighted by Gasteiger charge is 2.13. The van der Waals surface area contributed by atoms with E-state index in [2.05, 4.69) is 10.6 Å². The summed E-state index contributed by atoms with van der Waals surface area (Å²) in [5, 5.41) is 16.3. The van der Waals surface area contributed by atoms with Crippen molar-refractivity contribution in [3.05, 3.63) is 58.6 Å². The van der Waals surface area contributed by atoms with Gasteiger partial charge in [-0.1, -0.05) is 41.9 Å². The van der Waals surface area contributed by atoms with Crippen molar-refractivity contribution in [2.24, 2.45) is 0 Å². The molecule has 0 aliphatic carbocycles. The Hall–Kier alpha value is -1.21. The zero-order valence-corrected chi connectivity index (χ0v) is 19.2. The van der Waals surface area contributed by atoms with E-state index in [1.807, 2.05) is 49.4 Å². The molecule has 2 aromatic carbocycles. The minimum Gasteiger partial charge on any atom is -0.490 e. The van der Waals surface area contributed by atoms with Gasteiger partial charge in [-0.25, -0.2) is 0 Å². The Morgan fingerprint density at radius 1 is 1.00 bits per heavy atom. The molecule has 5 nitrogen and oxygen atoms in total. The molecule has 164 valence electrons. The van der Waals surface area contributed by atoms with E-state index in [1.165, 1.54) is 0 Å². The normalized spacial score (nSPS) is 11.2. The second-order valence-electron chi connectivity index (χ2n) is 6.34. The van der Waals surface area contributed by atoms with E-state index in [1.54, 1.807) is 6.92 Å². The van der Waals surface area contributed by atoms with Gasteiger partial charge in [0.2, 0.25) is 0 Å². The Labute approximate surface area is 191 Å². The van der Waals surface area contributed by atoms with Crippen LogP contribution in [0.3, 0.4) is 0 Å². The van der Waals surface area contributed by atoms with E-state index in [0.29, 0.717) is 42.8 Å². The largest absolute Gasteiger partial charge is 0.490 e. The molecular formula is C21H31Cl3N2O3. The first-order valence-electron chi connectivity index (χ1n) is 9.31. The third-order valence-electron chi connectivity index (χ3n) is 3.84. The summed E-state index contributed by atoms with van der Waals surface area (Å²) < 4.78 is 11.7. The summed E-state index contributed by atoms with van der Waals surface area (Å²) in [5.74, 6) is 1.23. The molecule has 1 unspecified atom stereocenters. The summed E-state index contributed by atoms with van der Waals surface area (Å²) in [5.41, 5.74) is 2.11. The summed E-state index contributed by atoms with van der Waals surface area (Å²) in [7, 11) is 0. The van der Waals surface area contributed by atoms with Gasteiger partial charge in [-0.05, 0) is 37.1 Å². The molecule has 1 atom stereocenters. The van der Waals surface area contributed by atoms with Gasteiger partial charge in [0.15, 0.2) is 11.5 Å². The van der Waals surface area contributed by atoms with Crippen molar-refractivity contribution in [1.29, 1.82) is 0 Å². The van der Waals surface area contributed by atoms with Crippen molar-refractivity contribution in [1.82, 2.24) is 10.6 Å². The summed E-state index contributed by atoms with van der Waals surface area (Å²) >= 11 is 6.46. The number of aliphatic hydroxyl groups excluding tert-OH is 1. The lowest BCUT2D eigenvalue weighted by Gasteiger charge is -2.16. The number of hydrogen-bond acceptors (Lipinski definition) is 5. The van der Waals surface area contributed by atoms with Crippen molar-refractivity contribution >= 4 is 36.4 Å². The number of benzene rings is 2. The second kappa shape index (κ2) is 15.6. The van der Waals surface area contributed by atoms with Crippen LogP contribution in [0.5, 0.6) is 11.5 Å². The average Bonchev–Trinajstić information content (AvgIpc) is 2.65. The maximum absolute atomic E-state index is 9.22. The number of rotatable bonds is 12. The Morgan fingerprint density at radius 3 is 2.34 bits per heavy atom. The van der Waals surface area contributed by atoms with Gasteiger partial charge in [-0.15, -0.1) is 24.8 Å². The van der Waals surface area contributed by atoms with Gasteiger partial charge in [-0.3, -0.25) is 0 Å². The third-order valence-corrected chi connectivity index (χ3v) is 4.12. The smallest absolute Gasteiger partial charge is 0.180 e. The topological polar surface area (TPSA) is 62.8 Å². The molecule has 2 rings (SSSR count). The quantitative estimate of drug-likeness (QED) is 0.410. The predicted octanol–water partition coefficient (Wildman–Crippen LogP) is 4.22. The van der Waals surface area contributed by atoms with Crippen molar-refractivity contribution in [3.8, 4) is 11.5 Å².